The van der Waals surface area contributed by atoms with E-state index >= 15 is 0 Å². The summed E-state index contributed by atoms with van der Waals surface area (Å²) in [7, 11) is 1.36. The molecule has 0 unspecified atom stereocenters. The Labute approximate surface area is 177 Å². The molecule has 3 aromatic rings. The lowest BCUT2D eigenvalue weighted by Crippen LogP contribution is -2.18. The number of rotatable bonds is 8. The number of para-hydroxylation sites is 1. The molecule has 0 N–H and O–H groups in total. The maximum Gasteiger partial charge on any atom is 0.337 e. The molecular weight excluding hydrogens is 408 g/mol. The summed E-state index contributed by atoms with van der Waals surface area (Å²) >= 11 is 3.11. The number of carbonyl (C=O) groups excluding carboxylic acids is 2. The van der Waals surface area contributed by atoms with E-state index < -0.39 is 0 Å². The summed E-state index contributed by atoms with van der Waals surface area (Å²) in [5.41, 5.74) is 1.43. The summed E-state index contributed by atoms with van der Waals surface area (Å²) in [6.07, 6.45) is 2.23. The average molecular weight is 431 g/mol. The zero-order valence-electron chi connectivity index (χ0n) is 16.3. The second kappa shape index (κ2) is 10.3. The van der Waals surface area contributed by atoms with Gasteiger partial charge in [0, 0.05) is 12.3 Å². The standard InChI is InChI=1S/C21H22N2O4S2/c1-26-20(25)15-8-9-17-18(14-15)29-21(23(17)11-13-28-2)22-19(24)10-12-27-16-6-4-3-5-7-16/h3-9,14H,10-13H2,1-2H3. The SMILES string of the molecule is COC(=O)c1ccc2c(c1)sc(=NC(=O)CCOc1ccccc1)n2CCSC. The van der Waals surface area contributed by atoms with Crippen molar-refractivity contribution in [1.82, 2.24) is 4.57 Å². The van der Waals surface area contributed by atoms with Gasteiger partial charge in [0.25, 0.3) is 5.91 Å². The Morgan fingerprint density at radius 1 is 1.17 bits per heavy atom. The van der Waals surface area contributed by atoms with Crippen LogP contribution in [0.1, 0.15) is 16.8 Å². The average Bonchev–Trinajstić information content (AvgIpc) is 3.08. The molecule has 0 spiro atoms. The zero-order valence-corrected chi connectivity index (χ0v) is 17.9. The number of thiazole rings is 1. The van der Waals surface area contributed by atoms with Crippen LogP contribution < -0.4 is 9.54 Å². The second-order valence-corrected chi connectivity index (χ2v) is 8.11. The van der Waals surface area contributed by atoms with Crippen molar-refractivity contribution in [3.8, 4) is 5.75 Å². The maximum absolute atomic E-state index is 12.4. The highest BCUT2D eigenvalue weighted by atomic mass is 32.2. The number of methoxy groups -OCH3 is 1. The van der Waals surface area contributed by atoms with Crippen LogP contribution in [0.25, 0.3) is 10.2 Å². The quantitative estimate of drug-likeness (QED) is 0.509. The zero-order chi connectivity index (χ0) is 20.6. The van der Waals surface area contributed by atoms with E-state index in [9.17, 15) is 9.59 Å². The minimum Gasteiger partial charge on any atom is -0.493 e. The lowest BCUT2D eigenvalue weighted by Gasteiger charge is -2.05. The lowest BCUT2D eigenvalue weighted by molar-refractivity contribution is -0.118. The fourth-order valence-corrected chi connectivity index (χ4v) is 4.22. The second-order valence-electron chi connectivity index (χ2n) is 6.12. The van der Waals surface area contributed by atoms with Gasteiger partial charge in [0.15, 0.2) is 4.80 Å². The van der Waals surface area contributed by atoms with Gasteiger partial charge in [0.1, 0.15) is 5.75 Å². The molecule has 3 rings (SSSR count). The first-order valence-corrected chi connectivity index (χ1v) is 11.3. The van der Waals surface area contributed by atoms with Crippen LogP contribution >= 0.6 is 23.1 Å². The molecule has 1 heterocycles. The number of benzene rings is 2. The molecule has 2 aromatic carbocycles. The fourth-order valence-electron chi connectivity index (χ4n) is 2.74. The van der Waals surface area contributed by atoms with E-state index in [-0.39, 0.29) is 24.9 Å². The molecule has 0 aliphatic rings. The van der Waals surface area contributed by atoms with Gasteiger partial charge in [-0.05, 0) is 36.6 Å². The Bertz CT molecular complexity index is 1060. The van der Waals surface area contributed by atoms with E-state index in [1.807, 2.05) is 47.2 Å². The Kier molecular flexibility index (Phi) is 7.48. The summed E-state index contributed by atoms with van der Waals surface area (Å²) in [4.78, 5) is 29.1. The van der Waals surface area contributed by atoms with Gasteiger partial charge in [0.2, 0.25) is 0 Å². The molecule has 0 radical (unpaired) electrons. The number of nitrogens with zero attached hydrogens (tertiary/aromatic N) is 2. The molecule has 29 heavy (non-hydrogen) atoms. The number of hydrogen-bond donors (Lipinski definition) is 0. The first-order valence-electron chi connectivity index (χ1n) is 9.08. The molecule has 1 amide bonds. The van der Waals surface area contributed by atoms with Crippen molar-refractivity contribution in [2.75, 3.05) is 25.7 Å². The highest BCUT2D eigenvalue weighted by molar-refractivity contribution is 7.98. The van der Waals surface area contributed by atoms with E-state index in [4.69, 9.17) is 9.47 Å². The number of aromatic nitrogens is 1. The van der Waals surface area contributed by atoms with Crippen LogP contribution in [-0.2, 0) is 16.1 Å². The van der Waals surface area contributed by atoms with Crippen molar-refractivity contribution >= 4 is 45.2 Å². The van der Waals surface area contributed by atoms with Crippen LogP contribution in [0.2, 0.25) is 0 Å². The van der Waals surface area contributed by atoms with E-state index in [0.717, 1.165) is 28.3 Å². The van der Waals surface area contributed by atoms with Crippen LogP contribution in [-0.4, -0.2) is 42.2 Å². The van der Waals surface area contributed by atoms with Crippen LogP contribution in [0.15, 0.2) is 53.5 Å². The number of hydrogen-bond acceptors (Lipinski definition) is 6. The van der Waals surface area contributed by atoms with Gasteiger partial charge >= 0.3 is 5.97 Å². The van der Waals surface area contributed by atoms with Gasteiger partial charge in [-0.3, -0.25) is 4.79 Å². The molecule has 152 valence electrons. The van der Waals surface area contributed by atoms with Gasteiger partial charge < -0.3 is 14.0 Å². The molecule has 0 bridgehead atoms. The fraction of sp³-hybridized carbons (Fsp3) is 0.286. The van der Waals surface area contributed by atoms with E-state index in [1.54, 1.807) is 23.9 Å². The number of carbonyl (C=O) groups is 2. The van der Waals surface area contributed by atoms with E-state index in [2.05, 4.69) is 4.99 Å². The molecule has 0 saturated carbocycles. The summed E-state index contributed by atoms with van der Waals surface area (Å²) in [6.45, 7) is 1.000. The van der Waals surface area contributed by atoms with Crippen molar-refractivity contribution in [2.24, 2.45) is 4.99 Å². The number of ether oxygens (including phenoxy) is 2. The molecule has 0 aliphatic carbocycles. The smallest absolute Gasteiger partial charge is 0.337 e. The van der Waals surface area contributed by atoms with Crippen molar-refractivity contribution in [3.05, 3.63) is 58.9 Å². The normalized spacial score (nSPS) is 11.6. The lowest BCUT2D eigenvalue weighted by atomic mass is 10.2. The Balaban J connectivity index is 1.83. The Morgan fingerprint density at radius 2 is 1.97 bits per heavy atom. The van der Waals surface area contributed by atoms with E-state index in [1.165, 1.54) is 18.4 Å². The molecule has 0 atom stereocenters. The van der Waals surface area contributed by atoms with Crippen molar-refractivity contribution < 1.29 is 19.1 Å². The molecule has 1 aromatic heterocycles. The van der Waals surface area contributed by atoms with Crippen LogP contribution in [0, 0.1) is 0 Å². The number of fused-ring (bicyclic) bond motifs is 1. The third-order valence-corrected chi connectivity index (χ3v) is 5.80. The van der Waals surface area contributed by atoms with Crippen molar-refractivity contribution in [3.63, 3.8) is 0 Å². The largest absolute Gasteiger partial charge is 0.493 e. The number of aryl methyl sites for hydroxylation is 1. The number of amides is 1. The highest BCUT2D eigenvalue weighted by Crippen LogP contribution is 2.20. The summed E-state index contributed by atoms with van der Waals surface area (Å²) in [6, 6.07) is 14.8. The summed E-state index contributed by atoms with van der Waals surface area (Å²) in [5, 5.41) is 0. The van der Waals surface area contributed by atoms with Crippen molar-refractivity contribution in [1.29, 1.82) is 0 Å². The Hall–Kier alpha value is -2.58. The van der Waals surface area contributed by atoms with E-state index in [0.29, 0.717) is 10.4 Å². The van der Waals surface area contributed by atoms with Gasteiger partial charge in [-0.25, -0.2) is 4.79 Å². The summed E-state index contributed by atoms with van der Waals surface area (Å²) in [5.74, 6) is 0.998. The highest BCUT2D eigenvalue weighted by Gasteiger charge is 2.12. The van der Waals surface area contributed by atoms with Crippen LogP contribution in [0.4, 0.5) is 0 Å². The molecule has 0 saturated heterocycles. The molecule has 8 heteroatoms. The third-order valence-electron chi connectivity index (χ3n) is 4.17. The van der Waals surface area contributed by atoms with Crippen molar-refractivity contribution in [2.45, 2.75) is 13.0 Å². The maximum atomic E-state index is 12.4. The van der Waals surface area contributed by atoms with Crippen LogP contribution in [0.3, 0.4) is 0 Å². The van der Waals surface area contributed by atoms with Gasteiger partial charge in [-0.2, -0.15) is 16.8 Å². The molecule has 6 nitrogen and oxygen atoms in total. The Morgan fingerprint density at radius 3 is 2.69 bits per heavy atom. The number of esters is 1. The topological polar surface area (TPSA) is 69.9 Å². The van der Waals surface area contributed by atoms with Gasteiger partial charge in [-0.1, -0.05) is 29.5 Å². The first-order chi connectivity index (χ1) is 14.1. The third kappa shape index (κ3) is 5.48. The minimum atomic E-state index is -0.386. The summed E-state index contributed by atoms with van der Waals surface area (Å²) < 4.78 is 13.3. The molecule has 0 aliphatic heterocycles. The predicted octanol–water partition coefficient (Wildman–Crippen LogP) is 3.75. The first kappa shape index (κ1) is 21.1. The number of thioether (sulfide) groups is 1. The molecule has 0 fully saturated rings. The monoisotopic (exact) mass is 430 g/mol. The predicted molar refractivity (Wildman–Crippen MR) is 117 cm³/mol. The molecular formula is C21H22N2O4S2. The van der Waals surface area contributed by atoms with Gasteiger partial charge in [0.05, 0.1) is 35.9 Å². The van der Waals surface area contributed by atoms with Gasteiger partial charge in [-0.15, -0.1) is 0 Å². The minimum absolute atomic E-state index is 0.194. The van der Waals surface area contributed by atoms with Crippen LogP contribution in [0.5, 0.6) is 5.75 Å².